The van der Waals surface area contributed by atoms with Crippen LogP contribution in [0, 0.1) is 0 Å². The quantitative estimate of drug-likeness (QED) is 0.899. The molecule has 2 rings (SSSR count). The highest BCUT2D eigenvalue weighted by Gasteiger charge is 2.06. The van der Waals surface area contributed by atoms with E-state index in [1.54, 1.807) is 0 Å². The number of rotatable bonds is 3. The van der Waals surface area contributed by atoms with Gasteiger partial charge in [-0.05, 0) is 30.2 Å². The molecule has 18 heavy (non-hydrogen) atoms. The Kier molecular flexibility index (Phi) is 1.55. The number of pyridine rings is 1. The number of aromatic nitrogens is 1. The summed E-state index contributed by atoms with van der Waals surface area (Å²) in [5.41, 5.74) is -1.60. The molecule has 0 fully saturated rings. The van der Waals surface area contributed by atoms with Gasteiger partial charge in [0.1, 0.15) is 5.75 Å². The first-order chi connectivity index (χ1) is 11.4. The van der Waals surface area contributed by atoms with Crippen LogP contribution >= 0.6 is 0 Å². The van der Waals surface area contributed by atoms with Crippen molar-refractivity contribution in [3.8, 4) is 11.4 Å². The molecule has 0 aliphatic heterocycles. The zero-order chi connectivity index (χ0) is 19.1. The average molecular weight is 252 g/mol. The molecular weight excluding hydrogens is 234 g/mol. The maximum absolute atomic E-state index is 12.0. The van der Waals surface area contributed by atoms with E-state index in [0.29, 0.717) is 4.57 Å². The fraction of sp³-hybridized carbons (Fsp3) is 0.0769. The predicted octanol–water partition coefficient (Wildman–Crippen LogP) is 1.54. The summed E-state index contributed by atoms with van der Waals surface area (Å²) in [6.07, 6.45) is 0.860. The van der Waals surface area contributed by atoms with E-state index in [9.17, 15) is 9.59 Å². The highest BCUT2D eigenvalue weighted by molar-refractivity contribution is 5.87. The average Bonchev–Trinajstić information content (AvgIpc) is 2.50. The zero-order valence-electron chi connectivity index (χ0n) is 15.9. The molecule has 2 aromatic rings. The number of nitrogens with zero attached hydrogens (tertiary/aromatic N) is 1. The Labute approximate surface area is 113 Å². The van der Waals surface area contributed by atoms with Crippen LogP contribution in [0.25, 0.3) is 5.69 Å². The Balaban J connectivity index is 2.80. The summed E-state index contributed by atoms with van der Waals surface area (Å²) >= 11 is 0. The van der Waals surface area contributed by atoms with Gasteiger partial charge in [0.05, 0.1) is 22.2 Å². The van der Waals surface area contributed by atoms with Crippen molar-refractivity contribution >= 4 is 5.97 Å². The van der Waals surface area contributed by atoms with Crippen LogP contribution in [0.5, 0.6) is 5.75 Å². The normalized spacial score (nSPS) is 16.3. The maximum atomic E-state index is 12.0. The first-order valence-corrected chi connectivity index (χ1v) is 4.69. The third-order valence-electron chi connectivity index (χ3n) is 2.09. The monoisotopic (exact) mass is 252 g/mol. The lowest BCUT2D eigenvalue weighted by Gasteiger charge is -2.07. The molecule has 5 nitrogen and oxygen atoms in total. The molecule has 0 unspecified atom stereocenters. The smallest absolute Gasteiger partial charge is 0.337 e. The van der Waals surface area contributed by atoms with Crippen molar-refractivity contribution in [2.75, 3.05) is 7.04 Å². The molecule has 0 atom stereocenters. The molecule has 0 aliphatic rings. The van der Waals surface area contributed by atoms with E-state index in [4.69, 9.17) is 14.7 Å². The topological polar surface area (TPSA) is 68.5 Å². The number of carbonyl (C=O) groups is 1. The van der Waals surface area contributed by atoms with Gasteiger partial charge in [-0.15, -0.1) is 0 Å². The van der Waals surface area contributed by atoms with E-state index in [0.717, 1.165) is 18.3 Å². The molecule has 1 aromatic carbocycles. The van der Waals surface area contributed by atoms with E-state index in [2.05, 4.69) is 4.74 Å². The van der Waals surface area contributed by atoms with Crippen molar-refractivity contribution < 1.29 is 24.2 Å². The van der Waals surface area contributed by atoms with Crippen LogP contribution in [-0.4, -0.2) is 22.7 Å². The van der Waals surface area contributed by atoms with Gasteiger partial charge in [0.25, 0.3) is 5.56 Å². The summed E-state index contributed by atoms with van der Waals surface area (Å²) in [4.78, 5) is 23.0. The van der Waals surface area contributed by atoms with Crippen molar-refractivity contribution in [2.45, 2.75) is 0 Å². The fourth-order valence-corrected chi connectivity index (χ4v) is 1.25. The molecule has 92 valence electrons. The first kappa shape index (κ1) is 5.86. The molecule has 0 bridgehead atoms. The second kappa shape index (κ2) is 4.75. The van der Waals surface area contributed by atoms with Crippen LogP contribution in [0.1, 0.15) is 20.0 Å². The molecule has 0 aliphatic carbocycles. The number of ether oxygens (including phenoxy) is 1. The molecule has 0 amide bonds. The van der Waals surface area contributed by atoms with Crippen LogP contribution in [-0.2, 0) is 0 Å². The standard InChI is InChI=1S/C13H11NO4/c1-18-11-5-3-10(4-6-11)14-8-9(13(16)17)2-7-12(14)15/h2-8H,1H3,(H,16,17)/i1D3,3D,4D,5D,6D. The van der Waals surface area contributed by atoms with E-state index in [1.807, 2.05) is 0 Å². The molecule has 0 spiro atoms. The Morgan fingerprint density at radius 1 is 1.39 bits per heavy atom. The van der Waals surface area contributed by atoms with Gasteiger partial charge in [-0.25, -0.2) is 4.79 Å². The van der Waals surface area contributed by atoms with E-state index < -0.39 is 54.2 Å². The lowest BCUT2D eigenvalue weighted by Crippen LogP contribution is -2.18. The second-order valence-electron chi connectivity index (χ2n) is 3.21. The first-order valence-electron chi connectivity index (χ1n) is 8.19. The Hall–Kier alpha value is -2.56. The Morgan fingerprint density at radius 3 is 2.72 bits per heavy atom. The highest BCUT2D eigenvalue weighted by Crippen LogP contribution is 2.13. The third-order valence-corrected chi connectivity index (χ3v) is 2.09. The maximum Gasteiger partial charge on any atom is 0.337 e. The van der Waals surface area contributed by atoms with Gasteiger partial charge < -0.3 is 9.84 Å². The zero-order valence-corrected chi connectivity index (χ0v) is 8.85. The predicted molar refractivity (Wildman–Crippen MR) is 65.6 cm³/mol. The lowest BCUT2D eigenvalue weighted by atomic mass is 10.2. The summed E-state index contributed by atoms with van der Waals surface area (Å²) in [5, 5.41) is 9.00. The molecule has 0 saturated carbocycles. The third kappa shape index (κ3) is 2.24. The summed E-state index contributed by atoms with van der Waals surface area (Å²) in [6.45, 7) is 0. The van der Waals surface area contributed by atoms with Gasteiger partial charge in [0.2, 0.25) is 0 Å². The van der Waals surface area contributed by atoms with Crippen molar-refractivity contribution in [1.29, 1.82) is 0 Å². The Morgan fingerprint density at radius 2 is 2.11 bits per heavy atom. The summed E-state index contributed by atoms with van der Waals surface area (Å²) in [5.74, 6) is -2.15. The number of aromatic carboxylic acids is 1. The number of benzene rings is 1. The molecule has 0 saturated heterocycles. The highest BCUT2D eigenvalue weighted by atomic mass is 16.5. The minimum Gasteiger partial charge on any atom is -0.497 e. The van der Waals surface area contributed by atoms with Crippen LogP contribution in [0.15, 0.2) is 47.3 Å². The second-order valence-corrected chi connectivity index (χ2v) is 3.21. The van der Waals surface area contributed by atoms with E-state index in [-0.39, 0.29) is 5.56 Å². The molecule has 5 heteroatoms. The van der Waals surface area contributed by atoms with Gasteiger partial charge in [0.15, 0.2) is 0 Å². The molecule has 1 aromatic heterocycles. The number of carboxylic acid groups (broad SMARTS) is 1. The van der Waals surface area contributed by atoms with Gasteiger partial charge in [-0.1, -0.05) is 0 Å². The molecule has 1 N–H and O–H groups in total. The fourth-order valence-electron chi connectivity index (χ4n) is 1.25. The molecule has 1 heterocycles. The van der Waals surface area contributed by atoms with Gasteiger partial charge in [-0.2, -0.15) is 0 Å². The minimum atomic E-state index is -2.99. The van der Waals surface area contributed by atoms with Crippen molar-refractivity contribution in [3.05, 3.63) is 58.4 Å². The summed E-state index contributed by atoms with van der Waals surface area (Å²) in [6, 6.07) is -1.17. The SMILES string of the molecule is [2H]c1c([2H])c(-n2cc(C(=O)O)ccc2=O)c([2H])c([2H])c1OC([2H])([2H])[2H]. The van der Waals surface area contributed by atoms with Crippen molar-refractivity contribution in [2.24, 2.45) is 0 Å². The summed E-state index contributed by atoms with van der Waals surface area (Å²) in [7, 11) is -2.99. The summed E-state index contributed by atoms with van der Waals surface area (Å²) < 4.78 is 57.8. The van der Waals surface area contributed by atoms with Gasteiger partial charge in [-0.3, -0.25) is 9.36 Å². The van der Waals surface area contributed by atoms with Crippen LogP contribution < -0.4 is 10.3 Å². The number of carboxylic acids is 1. The van der Waals surface area contributed by atoms with Crippen LogP contribution in [0.3, 0.4) is 0 Å². The van der Waals surface area contributed by atoms with Crippen LogP contribution in [0.4, 0.5) is 0 Å². The minimum absolute atomic E-state index is 0.306. The van der Waals surface area contributed by atoms with E-state index >= 15 is 0 Å². The number of methoxy groups -OCH3 is 1. The number of hydrogen-bond donors (Lipinski definition) is 1. The van der Waals surface area contributed by atoms with Crippen LogP contribution in [0.2, 0.25) is 0 Å². The van der Waals surface area contributed by atoms with Gasteiger partial charge >= 0.3 is 5.97 Å². The lowest BCUT2D eigenvalue weighted by molar-refractivity contribution is 0.0696. The van der Waals surface area contributed by atoms with Crippen molar-refractivity contribution in [1.82, 2.24) is 4.57 Å². The largest absolute Gasteiger partial charge is 0.497 e. The van der Waals surface area contributed by atoms with E-state index in [1.165, 1.54) is 0 Å². The van der Waals surface area contributed by atoms with Crippen molar-refractivity contribution in [3.63, 3.8) is 0 Å². The number of hydrogen-bond acceptors (Lipinski definition) is 3. The Bertz CT molecular complexity index is 891. The molecule has 0 radical (unpaired) electrons. The van der Waals surface area contributed by atoms with Gasteiger partial charge in [0, 0.05) is 18.0 Å². The molecular formula is C13H11NO4.